The van der Waals surface area contributed by atoms with Gasteiger partial charge in [-0.1, -0.05) is 21.4 Å². The summed E-state index contributed by atoms with van der Waals surface area (Å²) in [5, 5.41) is 0. The van der Waals surface area contributed by atoms with E-state index < -0.39 is 0 Å². The Balaban J connectivity index is -0.0000000450. The maximum Gasteiger partial charge on any atom is 0.157 e. The molecule has 0 bridgehead atoms. The maximum atomic E-state index is 4.68. The molecule has 0 unspecified atom stereocenters. The summed E-state index contributed by atoms with van der Waals surface area (Å²) in [6.07, 6.45) is 0. The van der Waals surface area contributed by atoms with Gasteiger partial charge < -0.3 is 4.43 Å². The van der Waals surface area contributed by atoms with Gasteiger partial charge in [0.15, 0.2) is 9.76 Å². The van der Waals surface area contributed by atoms with E-state index in [1.165, 1.54) is 0 Å². The van der Waals surface area contributed by atoms with Crippen LogP contribution in [-0.2, 0) is 4.43 Å². The molecule has 0 heterocycles. The molecule has 1 nitrogen and oxygen atoms in total. The molecule has 0 radical (unpaired) electrons. The molecule has 0 aromatic carbocycles. The van der Waals surface area contributed by atoms with Crippen LogP contribution in [0.5, 0.6) is 0 Å². The number of hydrogen-bond acceptors (Lipinski definition) is 1. The summed E-state index contributed by atoms with van der Waals surface area (Å²) >= 11 is 0. The fraction of sp³-hybridized carbons (Fsp3) is 1.00. The van der Waals surface area contributed by atoms with Crippen molar-refractivity contribution in [2.45, 2.75) is 21.4 Å². The maximum absolute atomic E-state index is 4.68. The molecule has 2 heteroatoms. The normalized spacial score (nSPS) is 7.00. The van der Waals surface area contributed by atoms with Crippen molar-refractivity contribution < 1.29 is 4.43 Å². The van der Waals surface area contributed by atoms with Gasteiger partial charge >= 0.3 is 0 Å². The van der Waals surface area contributed by atoms with Gasteiger partial charge in [0.25, 0.3) is 0 Å². The summed E-state index contributed by atoms with van der Waals surface area (Å²) in [5.41, 5.74) is 0. The molecule has 0 aliphatic rings. The minimum absolute atomic E-state index is 0. The highest BCUT2D eigenvalue weighted by Gasteiger charge is 1.55. The van der Waals surface area contributed by atoms with E-state index in [1.54, 1.807) is 7.11 Å². The first-order chi connectivity index (χ1) is 1.91. The lowest BCUT2D eigenvalue weighted by molar-refractivity contribution is 0.446. The topological polar surface area (TPSA) is 9.23 Å². The van der Waals surface area contributed by atoms with E-state index in [1.807, 2.05) is 0 Å². The van der Waals surface area contributed by atoms with Crippen molar-refractivity contribution in [3.8, 4) is 0 Å². The van der Waals surface area contributed by atoms with E-state index in [9.17, 15) is 0 Å². The molecule has 0 spiro atoms. The quantitative estimate of drug-likeness (QED) is 0.456. The van der Waals surface area contributed by atoms with E-state index >= 15 is 0 Å². The van der Waals surface area contributed by atoms with Crippen LogP contribution < -0.4 is 0 Å². The Labute approximate surface area is 43.7 Å². The van der Waals surface area contributed by atoms with Gasteiger partial charge in [0.05, 0.1) is 0 Å². The third kappa shape index (κ3) is 30.4. The van der Waals surface area contributed by atoms with Crippen molar-refractivity contribution in [2.24, 2.45) is 0 Å². The summed E-state index contributed by atoms with van der Waals surface area (Å²) in [6, 6.07) is 0. The Kier molecular flexibility index (Phi) is 52.1. The molecule has 0 N–H and O–H groups in total. The van der Waals surface area contributed by atoms with E-state index in [4.69, 9.17) is 0 Å². The Morgan fingerprint density at radius 2 is 1.50 bits per heavy atom. The molecule has 0 rings (SSSR count). The molecule has 0 aliphatic heterocycles. The summed E-state index contributed by atoms with van der Waals surface area (Å²) in [6.45, 7) is 2.10. The van der Waals surface area contributed by atoms with E-state index in [0.717, 1.165) is 0 Å². The Hall–Kier alpha value is 0.177. The number of rotatable bonds is 1. The Morgan fingerprint density at radius 3 is 1.50 bits per heavy atom. The Bertz CT molecular complexity index is 9.51. The second kappa shape index (κ2) is 19.1. The van der Waals surface area contributed by atoms with E-state index in [0.29, 0.717) is 0 Å². The first kappa shape index (κ1) is 16.4. The van der Waals surface area contributed by atoms with Crippen molar-refractivity contribution in [3.63, 3.8) is 0 Å². The predicted molar refractivity (Wildman–Crippen MR) is 34.9 cm³/mol. The van der Waals surface area contributed by atoms with Gasteiger partial charge in [-0.25, -0.2) is 0 Å². The molecular weight excluding hydrogens is 92.1 g/mol. The monoisotopic (exact) mass is 108 g/mol. The van der Waals surface area contributed by atoms with Crippen LogP contribution in [0.1, 0.15) is 14.9 Å². The van der Waals surface area contributed by atoms with Crippen LogP contribution in [0.4, 0.5) is 0 Å². The van der Waals surface area contributed by atoms with Crippen molar-refractivity contribution in [2.75, 3.05) is 7.11 Å². The van der Waals surface area contributed by atoms with E-state index in [2.05, 4.69) is 11.0 Å². The predicted octanol–water partition coefficient (Wildman–Crippen LogP) is 1.04. The molecule has 6 heavy (non-hydrogen) atoms. The molecular formula is C4H16OSi. The first-order valence-electron chi connectivity index (χ1n) is 1.40. The van der Waals surface area contributed by atoms with Crippen LogP contribution in [0.3, 0.4) is 0 Å². The average molecular weight is 108 g/mol. The van der Waals surface area contributed by atoms with Crippen molar-refractivity contribution in [1.82, 2.24) is 0 Å². The molecule has 0 amide bonds. The van der Waals surface area contributed by atoms with Gasteiger partial charge in [0, 0.05) is 7.11 Å². The molecule has 0 saturated carbocycles. The minimum atomic E-state index is -0.0756. The van der Waals surface area contributed by atoms with Crippen LogP contribution in [0.2, 0.25) is 6.55 Å². The fourth-order valence-electron chi connectivity index (χ4n) is 0. The smallest absolute Gasteiger partial charge is 0.157 e. The Morgan fingerprint density at radius 1 is 1.33 bits per heavy atom. The van der Waals surface area contributed by atoms with E-state index in [-0.39, 0.29) is 24.6 Å². The number of hydrogen-bond donors (Lipinski definition) is 0. The molecule has 0 aliphatic carbocycles. The standard InChI is InChI=1S/C2H8OSi.2CH4/c1-3-4-2;;/h4H2,1-2H3;2*1H4. The van der Waals surface area contributed by atoms with Crippen molar-refractivity contribution >= 4 is 9.76 Å². The molecule has 0 atom stereocenters. The summed E-state index contributed by atoms with van der Waals surface area (Å²) in [4.78, 5) is 0. The lowest BCUT2D eigenvalue weighted by Crippen LogP contribution is -1.79. The first-order valence-corrected chi connectivity index (χ1v) is 3.40. The van der Waals surface area contributed by atoms with Crippen LogP contribution in [0, 0.1) is 0 Å². The zero-order chi connectivity index (χ0) is 3.41. The lowest BCUT2D eigenvalue weighted by Gasteiger charge is -1.75. The SMILES string of the molecule is C.C.CO[SiH2]C. The zero-order valence-electron chi connectivity index (χ0n) is 3.12. The van der Waals surface area contributed by atoms with Gasteiger partial charge in [-0.15, -0.1) is 0 Å². The van der Waals surface area contributed by atoms with Gasteiger partial charge in [-0.3, -0.25) is 0 Å². The molecule has 0 saturated heterocycles. The summed E-state index contributed by atoms with van der Waals surface area (Å²) in [7, 11) is 1.67. The van der Waals surface area contributed by atoms with Gasteiger partial charge in [-0.2, -0.15) is 0 Å². The highest BCUT2D eigenvalue weighted by molar-refractivity contribution is 6.24. The van der Waals surface area contributed by atoms with Gasteiger partial charge in [-0.05, 0) is 0 Å². The zero-order valence-corrected chi connectivity index (χ0v) is 4.53. The second-order valence-electron chi connectivity index (χ2n) is 0.577. The summed E-state index contributed by atoms with van der Waals surface area (Å²) < 4.78 is 4.68. The summed E-state index contributed by atoms with van der Waals surface area (Å²) in [5.74, 6) is 0. The molecule has 0 fully saturated rings. The largest absolute Gasteiger partial charge is 0.427 e. The van der Waals surface area contributed by atoms with Crippen LogP contribution in [-0.4, -0.2) is 16.9 Å². The average Bonchev–Trinajstić information content (AvgIpc) is 1.37. The fourth-order valence-corrected chi connectivity index (χ4v) is 0. The van der Waals surface area contributed by atoms with Crippen LogP contribution in [0.15, 0.2) is 0 Å². The molecule has 42 valence electrons. The highest BCUT2D eigenvalue weighted by atomic mass is 28.2. The third-order valence-corrected chi connectivity index (χ3v) is 0.866. The van der Waals surface area contributed by atoms with Crippen molar-refractivity contribution in [3.05, 3.63) is 0 Å². The lowest BCUT2D eigenvalue weighted by atomic mass is 11.8. The molecule has 0 aromatic rings. The van der Waals surface area contributed by atoms with Crippen LogP contribution in [0.25, 0.3) is 0 Å². The minimum Gasteiger partial charge on any atom is -0.427 e. The highest BCUT2D eigenvalue weighted by Crippen LogP contribution is 1.47. The van der Waals surface area contributed by atoms with Gasteiger partial charge in [0.1, 0.15) is 0 Å². The molecule has 0 aromatic heterocycles. The van der Waals surface area contributed by atoms with Crippen molar-refractivity contribution in [1.29, 1.82) is 0 Å². The second-order valence-corrected chi connectivity index (χ2v) is 1.73. The van der Waals surface area contributed by atoms with Crippen LogP contribution >= 0.6 is 0 Å². The van der Waals surface area contributed by atoms with Gasteiger partial charge in [0.2, 0.25) is 0 Å². The third-order valence-electron chi connectivity index (χ3n) is 0.289.